The Balaban J connectivity index is 1.60. The van der Waals surface area contributed by atoms with Crippen LogP contribution in [0.3, 0.4) is 0 Å². The number of hydrogen-bond donors (Lipinski definition) is 1. The number of carbonyl (C=O) groups is 1. The summed E-state index contributed by atoms with van der Waals surface area (Å²) in [5.41, 5.74) is -1.26. The van der Waals surface area contributed by atoms with Crippen LogP contribution >= 0.6 is 11.8 Å². The van der Waals surface area contributed by atoms with Gasteiger partial charge >= 0.3 is 6.09 Å². The zero-order valence-electron chi connectivity index (χ0n) is 15.9. The van der Waals surface area contributed by atoms with Crippen molar-refractivity contribution >= 4 is 17.9 Å². The molecule has 0 aromatic heterocycles. The van der Waals surface area contributed by atoms with E-state index >= 15 is 0 Å². The van der Waals surface area contributed by atoms with Crippen LogP contribution in [0.5, 0.6) is 0 Å². The zero-order chi connectivity index (χ0) is 18.4. The van der Waals surface area contributed by atoms with E-state index in [0.717, 1.165) is 17.9 Å². The molecule has 0 spiro atoms. The van der Waals surface area contributed by atoms with Crippen molar-refractivity contribution in [3.8, 4) is 0 Å². The largest absolute Gasteiger partial charge is 0.444 e. The first-order valence-corrected chi connectivity index (χ1v) is 10.3. The summed E-state index contributed by atoms with van der Waals surface area (Å²) >= 11 is 1.89. The van der Waals surface area contributed by atoms with E-state index in [1.54, 1.807) is 4.90 Å². The molecule has 3 aliphatic heterocycles. The first-order valence-electron chi connectivity index (χ1n) is 9.16. The van der Waals surface area contributed by atoms with Gasteiger partial charge in [-0.3, -0.25) is 4.90 Å². The van der Waals surface area contributed by atoms with Gasteiger partial charge < -0.3 is 19.3 Å². The molecular weight excluding hydrogens is 342 g/mol. The maximum Gasteiger partial charge on any atom is 0.412 e. The molecule has 144 valence electrons. The predicted octanol–water partition coefficient (Wildman–Crippen LogP) is 2.63. The van der Waals surface area contributed by atoms with Crippen LogP contribution in [0.4, 0.5) is 4.79 Å². The predicted molar refractivity (Wildman–Crippen MR) is 96.6 cm³/mol. The molecule has 25 heavy (non-hydrogen) atoms. The number of aliphatic hydroxyl groups excluding tert-OH is 1. The minimum atomic E-state index is -0.723. The third-order valence-electron chi connectivity index (χ3n) is 5.10. The number of nitrogens with zero attached hydrogens (tertiary/aromatic N) is 1. The second-order valence-electron chi connectivity index (χ2n) is 8.74. The molecular formula is C18H31NO5S. The van der Waals surface area contributed by atoms with Gasteiger partial charge in [0.1, 0.15) is 11.3 Å². The number of fused-ring (bicyclic) bond motifs is 1. The van der Waals surface area contributed by atoms with E-state index in [9.17, 15) is 9.90 Å². The number of ether oxygens (including phenoxy) is 3. The Hall–Kier alpha value is -0.500. The molecule has 3 saturated heterocycles. The van der Waals surface area contributed by atoms with Crippen molar-refractivity contribution in [3.05, 3.63) is 0 Å². The van der Waals surface area contributed by atoms with Crippen LogP contribution in [-0.2, 0) is 14.2 Å². The molecule has 3 aliphatic rings. The van der Waals surface area contributed by atoms with Gasteiger partial charge in [-0.1, -0.05) is 0 Å². The van der Waals surface area contributed by atoms with Crippen molar-refractivity contribution in [1.82, 2.24) is 4.90 Å². The molecule has 3 heterocycles. The van der Waals surface area contributed by atoms with Crippen LogP contribution in [0, 0.1) is 5.92 Å². The van der Waals surface area contributed by atoms with E-state index in [2.05, 4.69) is 0 Å². The van der Waals surface area contributed by atoms with Crippen LogP contribution < -0.4 is 0 Å². The highest BCUT2D eigenvalue weighted by Gasteiger charge is 2.49. The van der Waals surface area contributed by atoms with E-state index < -0.39 is 17.4 Å². The van der Waals surface area contributed by atoms with E-state index in [1.165, 1.54) is 0 Å². The van der Waals surface area contributed by atoms with Crippen LogP contribution in [-0.4, -0.2) is 69.9 Å². The average molecular weight is 374 g/mol. The SMILES string of the molecule is CC(C)(C)OC(=O)N1C[C@H](C[C@H]2O[C@H]3CCSC[C@@H]3[C@@H]2O)OC1(C)C. The Kier molecular flexibility index (Phi) is 5.32. The molecule has 1 N–H and O–H groups in total. The van der Waals surface area contributed by atoms with Crippen molar-refractivity contribution in [2.75, 3.05) is 18.1 Å². The van der Waals surface area contributed by atoms with Crippen LogP contribution in [0.1, 0.15) is 47.5 Å². The summed E-state index contributed by atoms with van der Waals surface area (Å²) < 4.78 is 17.7. The summed E-state index contributed by atoms with van der Waals surface area (Å²) in [7, 11) is 0. The van der Waals surface area contributed by atoms with Crippen molar-refractivity contribution in [1.29, 1.82) is 0 Å². The van der Waals surface area contributed by atoms with Gasteiger partial charge in [-0.05, 0) is 46.8 Å². The molecule has 0 bridgehead atoms. The van der Waals surface area contributed by atoms with Crippen LogP contribution in [0.25, 0.3) is 0 Å². The number of carbonyl (C=O) groups excluding carboxylic acids is 1. The van der Waals surface area contributed by atoms with Crippen molar-refractivity contribution in [3.63, 3.8) is 0 Å². The highest BCUT2D eigenvalue weighted by molar-refractivity contribution is 7.99. The van der Waals surface area contributed by atoms with Gasteiger partial charge in [0.05, 0.1) is 31.0 Å². The Morgan fingerprint density at radius 1 is 1.40 bits per heavy atom. The molecule has 6 nitrogen and oxygen atoms in total. The Bertz CT molecular complexity index is 506. The molecule has 0 aromatic carbocycles. The monoisotopic (exact) mass is 373 g/mol. The minimum absolute atomic E-state index is 0.157. The molecule has 0 saturated carbocycles. The lowest BCUT2D eigenvalue weighted by Gasteiger charge is -2.31. The molecule has 7 heteroatoms. The maximum atomic E-state index is 12.5. The van der Waals surface area contributed by atoms with Crippen molar-refractivity contribution < 1.29 is 24.1 Å². The van der Waals surface area contributed by atoms with E-state index in [-0.39, 0.29) is 30.3 Å². The summed E-state index contributed by atoms with van der Waals surface area (Å²) in [6.07, 6.45) is 0.588. The highest BCUT2D eigenvalue weighted by atomic mass is 32.2. The molecule has 3 rings (SSSR count). The lowest BCUT2D eigenvalue weighted by Crippen LogP contribution is -2.46. The van der Waals surface area contributed by atoms with Gasteiger partial charge in [-0.15, -0.1) is 0 Å². The second kappa shape index (κ2) is 6.91. The summed E-state index contributed by atoms with van der Waals surface area (Å²) in [6, 6.07) is 0. The normalized spacial score (nSPS) is 37.8. The van der Waals surface area contributed by atoms with Gasteiger partial charge in [0.15, 0.2) is 0 Å². The molecule has 0 unspecified atom stereocenters. The number of amides is 1. The summed E-state index contributed by atoms with van der Waals surface area (Å²) in [5.74, 6) is 2.28. The quantitative estimate of drug-likeness (QED) is 0.803. The first-order chi connectivity index (χ1) is 11.6. The van der Waals surface area contributed by atoms with Gasteiger partial charge in [-0.25, -0.2) is 4.79 Å². The molecule has 0 aliphatic carbocycles. The third kappa shape index (κ3) is 4.26. The third-order valence-corrected chi connectivity index (χ3v) is 6.25. The standard InChI is InChI=1S/C18H31NO5S/c1-17(2,3)24-16(21)19-9-11(23-18(19,4)5)8-14-15(20)12-10-25-7-6-13(12)22-14/h11-15,20H,6-10H2,1-5H3/t11-,12-,13-,14+,15-/m0/s1. The van der Waals surface area contributed by atoms with Crippen LogP contribution in [0.2, 0.25) is 0 Å². The maximum absolute atomic E-state index is 12.5. The van der Waals surface area contributed by atoms with Gasteiger partial charge in [0.2, 0.25) is 0 Å². The number of hydrogen-bond acceptors (Lipinski definition) is 6. The Morgan fingerprint density at radius 3 is 2.76 bits per heavy atom. The second-order valence-corrected chi connectivity index (χ2v) is 9.89. The number of rotatable bonds is 2. The molecule has 0 aromatic rings. The zero-order valence-corrected chi connectivity index (χ0v) is 16.7. The van der Waals surface area contributed by atoms with Crippen molar-refractivity contribution in [2.45, 2.75) is 83.2 Å². The first kappa shape index (κ1) is 19.3. The van der Waals surface area contributed by atoms with Crippen LogP contribution in [0.15, 0.2) is 0 Å². The molecule has 3 fully saturated rings. The van der Waals surface area contributed by atoms with E-state index in [1.807, 2.05) is 46.4 Å². The lowest BCUT2D eigenvalue weighted by molar-refractivity contribution is -0.0927. The fraction of sp³-hybridized carbons (Fsp3) is 0.944. The Labute approximate surface area is 154 Å². The van der Waals surface area contributed by atoms with Gasteiger partial charge in [0, 0.05) is 18.1 Å². The number of aliphatic hydroxyl groups is 1. The summed E-state index contributed by atoms with van der Waals surface area (Å²) in [4.78, 5) is 14.1. The minimum Gasteiger partial charge on any atom is -0.444 e. The number of thioether (sulfide) groups is 1. The fourth-order valence-electron chi connectivity index (χ4n) is 3.93. The van der Waals surface area contributed by atoms with E-state index in [4.69, 9.17) is 14.2 Å². The topological polar surface area (TPSA) is 68.2 Å². The molecule has 1 amide bonds. The molecule has 5 atom stereocenters. The average Bonchev–Trinajstić information content (AvgIpc) is 2.95. The van der Waals surface area contributed by atoms with Gasteiger partial charge in [0.25, 0.3) is 0 Å². The Morgan fingerprint density at radius 2 is 2.12 bits per heavy atom. The molecule has 0 radical (unpaired) electrons. The van der Waals surface area contributed by atoms with E-state index in [0.29, 0.717) is 13.0 Å². The lowest BCUT2D eigenvalue weighted by atomic mass is 9.94. The summed E-state index contributed by atoms with van der Waals surface area (Å²) in [5, 5.41) is 10.6. The smallest absolute Gasteiger partial charge is 0.412 e. The van der Waals surface area contributed by atoms with Crippen molar-refractivity contribution in [2.24, 2.45) is 5.92 Å². The summed E-state index contributed by atoms with van der Waals surface area (Å²) in [6.45, 7) is 9.77. The fourth-order valence-corrected chi connectivity index (χ4v) is 5.18. The van der Waals surface area contributed by atoms with Gasteiger partial charge in [-0.2, -0.15) is 11.8 Å². The highest BCUT2D eigenvalue weighted by Crippen LogP contribution is 2.39.